The molecule has 0 aromatic heterocycles. The minimum Gasteiger partial charge on any atom is -0.487 e. The molecule has 104 valence electrons. The van der Waals surface area contributed by atoms with Crippen LogP contribution in [0.3, 0.4) is 0 Å². The minimum atomic E-state index is -1.09. The van der Waals surface area contributed by atoms with E-state index >= 15 is 0 Å². The molecular weight excluding hydrogens is 258 g/mol. The minimum absolute atomic E-state index is 0.181. The zero-order chi connectivity index (χ0) is 14.0. The number of ether oxygens (including phenoxy) is 1. The quantitative estimate of drug-likeness (QED) is 0.660. The molecule has 2 rings (SSSR count). The topological polar surface area (TPSA) is 64.4 Å². The predicted octanol–water partition coefficient (Wildman–Crippen LogP) is 2.39. The number of nitrogens with one attached hydrogen (secondary N) is 1. The number of hydrogen-bond donors (Lipinski definition) is 1. The van der Waals surface area contributed by atoms with Crippen LogP contribution < -0.4 is 10.1 Å². The zero-order valence-corrected chi connectivity index (χ0v) is 10.4. The fourth-order valence-corrected chi connectivity index (χ4v) is 2.05. The molecule has 19 heavy (non-hydrogen) atoms. The second kappa shape index (κ2) is 5.48. The number of benzene rings is 1. The van der Waals surface area contributed by atoms with E-state index in [1.807, 2.05) is 6.92 Å². The van der Waals surface area contributed by atoms with Gasteiger partial charge in [-0.25, -0.2) is 4.39 Å². The molecule has 1 saturated carbocycles. The van der Waals surface area contributed by atoms with Crippen LogP contribution in [0.15, 0.2) is 12.1 Å². The van der Waals surface area contributed by atoms with Crippen LogP contribution in [-0.2, 0) is 0 Å². The summed E-state index contributed by atoms with van der Waals surface area (Å²) in [6.07, 6.45) is 1.25. The van der Waals surface area contributed by atoms with Crippen molar-refractivity contribution >= 4 is 5.69 Å². The summed E-state index contributed by atoms with van der Waals surface area (Å²) in [7, 11) is 0. The molecule has 0 saturated heterocycles. The highest BCUT2D eigenvalue weighted by molar-refractivity contribution is 5.39. The van der Waals surface area contributed by atoms with E-state index in [1.54, 1.807) is 0 Å². The number of nitrogens with zero attached hydrogens (tertiary/aromatic N) is 1. The molecule has 0 bridgehead atoms. The van der Waals surface area contributed by atoms with Gasteiger partial charge in [-0.1, -0.05) is 6.92 Å². The first-order valence-electron chi connectivity index (χ1n) is 6.04. The molecule has 0 atom stereocenters. The van der Waals surface area contributed by atoms with E-state index in [-0.39, 0.29) is 11.9 Å². The third-order valence-corrected chi connectivity index (χ3v) is 3.08. The van der Waals surface area contributed by atoms with Crippen LogP contribution in [0.2, 0.25) is 0 Å². The molecule has 0 spiro atoms. The molecule has 0 radical (unpaired) electrons. The van der Waals surface area contributed by atoms with Gasteiger partial charge in [0.15, 0.2) is 11.6 Å². The van der Waals surface area contributed by atoms with Gasteiger partial charge in [-0.05, 0) is 19.4 Å². The Morgan fingerprint density at radius 1 is 1.42 bits per heavy atom. The molecule has 1 N–H and O–H groups in total. The molecule has 0 aliphatic heterocycles. The maximum absolute atomic E-state index is 13.5. The average molecular weight is 272 g/mol. The molecular formula is C12H14F2N2O3. The van der Waals surface area contributed by atoms with Crippen LogP contribution in [-0.4, -0.2) is 23.6 Å². The fourth-order valence-electron chi connectivity index (χ4n) is 2.05. The number of rotatable bonds is 5. The van der Waals surface area contributed by atoms with E-state index in [0.29, 0.717) is 24.9 Å². The first kappa shape index (κ1) is 13.7. The van der Waals surface area contributed by atoms with Gasteiger partial charge in [0, 0.05) is 12.1 Å². The van der Waals surface area contributed by atoms with Crippen LogP contribution in [0, 0.1) is 21.7 Å². The highest BCUT2D eigenvalue weighted by Crippen LogP contribution is 2.31. The lowest BCUT2D eigenvalue weighted by Crippen LogP contribution is -2.46. The second-order valence-electron chi connectivity index (χ2n) is 4.46. The van der Waals surface area contributed by atoms with Gasteiger partial charge in [-0.2, -0.15) is 4.39 Å². The molecule has 1 aromatic rings. The Balaban J connectivity index is 2.02. The molecule has 7 heteroatoms. The van der Waals surface area contributed by atoms with E-state index in [4.69, 9.17) is 4.74 Å². The maximum atomic E-state index is 13.5. The highest BCUT2D eigenvalue weighted by atomic mass is 19.1. The van der Waals surface area contributed by atoms with Crippen molar-refractivity contribution < 1.29 is 18.4 Å². The normalized spacial score (nSPS) is 21.8. The summed E-state index contributed by atoms with van der Waals surface area (Å²) in [4.78, 5) is 9.47. The van der Waals surface area contributed by atoms with Gasteiger partial charge in [0.2, 0.25) is 5.82 Å². The number of halogens is 2. The smallest absolute Gasteiger partial charge is 0.307 e. The molecule has 1 aliphatic carbocycles. The van der Waals surface area contributed by atoms with Crippen molar-refractivity contribution in [2.75, 3.05) is 6.54 Å². The van der Waals surface area contributed by atoms with Gasteiger partial charge in [-0.3, -0.25) is 10.1 Å². The molecule has 1 aromatic carbocycles. The molecule has 1 fully saturated rings. The largest absolute Gasteiger partial charge is 0.487 e. The van der Waals surface area contributed by atoms with Crippen LogP contribution >= 0.6 is 0 Å². The predicted molar refractivity (Wildman–Crippen MR) is 64.1 cm³/mol. The SMILES string of the molecule is CCNC1CC(Oc2cc(F)c([N+](=O)[O-])cc2F)C1. The number of nitro benzene ring substituents is 1. The second-order valence-corrected chi connectivity index (χ2v) is 4.46. The molecule has 5 nitrogen and oxygen atoms in total. The van der Waals surface area contributed by atoms with E-state index in [2.05, 4.69) is 5.32 Å². The van der Waals surface area contributed by atoms with E-state index in [9.17, 15) is 18.9 Å². The van der Waals surface area contributed by atoms with Crippen molar-refractivity contribution in [3.63, 3.8) is 0 Å². The van der Waals surface area contributed by atoms with Crippen molar-refractivity contribution in [2.45, 2.75) is 31.9 Å². The van der Waals surface area contributed by atoms with Crippen molar-refractivity contribution in [1.82, 2.24) is 5.32 Å². The Morgan fingerprint density at radius 3 is 2.68 bits per heavy atom. The van der Waals surface area contributed by atoms with Gasteiger partial charge in [0.05, 0.1) is 11.0 Å². The van der Waals surface area contributed by atoms with E-state index in [1.165, 1.54) is 0 Å². The zero-order valence-electron chi connectivity index (χ0n) is 10.4. The van der Waals surface area contributed by atoms with Gasteiger partial charge in [-0.15, -0.1) is 0 Å². The fraction of sp³-hybridized carbons (Fsp3) is 0.500. The third kappa shape index (κ3) is 2.98. The van der Waals surface area contributed by atoms with Gasteiger partial charge >= 0.3 is 5.69 Å². The average Bonchev–Trinajstić information content (AvgIpc) is 2.30. The lowest BCUT2D eigenvalue weighted by atomic mass is 9.89. The first-order valence-corrected chi connectivity index (χ1v) is 6.04. The standard InChI is InChI=1S/C12H14F2N2O3/c1-2-15-7-3-8(4-7)19-12-6-9(13)11(16(17)18)5-10(12)14/h5-8,15H,2-4H2,1H3. The Kier molecular flexibility index (Phi) is 3.94. The number of hydrogen-bond acceptors (Lipinski definition) is 4. The Bertz CT molecular complexity index is 490. The van der Waals surface area contributed by atoms with Gasteiger partial charge < -0.3 is 10.1 Å². The summed E-state index contributed by atoms with van der Waals surface area (Å²) in [6, 6.07) is 1.61. The summed E-state index contributed by atoms with van der Waals surface area (Å²) < 4.78 is 32.2. The maximum Gasteiger partial charge on any atom is 0.307 e. The Hall–Kier alpha value is -1.76. The molecule has 0 unspecified atom stereocenters. The Labute approximate surface area is 108 Å². The van der Waals surface area contributed by atoms with Crippen LogP contribution in [0.25, 0.3) is 0 Å². The van der Waals surface area contributed by atoms with Crippen LogP contribution in [0.5, 0.6) is 5.75 Å². The van der Waals surface area contributed by atoms with Crippen LogP contribution in [0.4, 0.5) is 14.5 Å². The van der Waals surface area contributed by atoms with Crippen molar-refractivity contribution in [1.29, 1.82) is 0 Å². The third-order valence-electron chi connectivity index (χ3n) is 3.08. The van der Waals surface area contributed by atoms with Gasteiger partial charge in [0.1, 0.15) is 6.10 Å². The van der Waals surface area contributed by atoms with Crippen molar-refractivity contribution in [3.8, 4) is 5.75 Å². The lowest BCUT2D eigenvalue weighted by Gasteiger charge is -2.35. The summed E-state index contributed by atoms with van der Waals surface area (Å²) in [5, 5.41) is 13.7. The summed E-state index contributed by atoms with van der Waals surface area (Å²) in [6.45, 7) is 2.83. The molecule has 0 amide bonds. The van der Waals surface area contributed by atoms with Crippen molar-refractivity contribution in [2.24, 2.45) is 0 Å². The van der Waals surface area contributed by atoms with E-state index < -0.39 is 22.2 Å². The summed E-state index contributed by atoms with van der Waals surface area (Å²) in [5.41, 5.74) is -0.885. The number of nitro groups is 1. The molecule has 1 aliphatic rings. The molecule has 0 heterocycles. The highest BCUT2D eigenvalue weighted by Gasteiger charge is 2.31. The summed E-state index contributed by atoms with van der Waals surface area (Å²) >= 11 is 0. The Morgan fingerprint density at radius 2 is 2.11 bits per heavy atom. The van der Waals surface area contributed by atoms with Crippen LogP contribution in [0.1, 0.15) is 19.8 Å². The van der Waals surface area contributed by atoms with E-state index in [0.717, 1.165) is 12.6 Å². The monoisotopic (exact) mass is 272 g/mol. The van der Waals surface area contributed by atoms with Crippen molar-refractivity contribution in [3.05, 3.63) is 33.9 Å². The summed E-state index contributed by atoms with van der Waals surface area (Å²) in [5.74, 6) is -2.29. The first-order chi connectivity index (χ1) is 9.01. The van der Waals surface area contributed by atoms with Gasteiger partial charge in [0.25, 0.3) is 0 Å². The lowest BCUT2D eigenvalue weighted by molar-refractivity contribution is -0.387.